The van der Waals surface area contributed by atoms with Gasteiger partial charge in [-0.15, -0.1) is 0 Å². The van der Waals surface area contributed by atoms with E-state index in [1.54, 1.807) is 25.3 Å². The Morgan fingerprint density at radius 1 is 1.10 bits per heavy atom. The SMILES string of the molecule is COc1ccc(Br)c(CNc2ccc(C#N)c(C#N)c2)c1. The minimum absolute atomic E-state index is 0.368. The van der Waals surface area contributed by atoms with Gasteiger partial charge in [0.25, 0.3) is 0 Å². The van der Waals surface area contributed by atoms with Crippen molar-refractivity contribution < 1.29 is 4.74 Å². The highest BCUT2D eigenvalue weighted by molar-refractivity contribution is 9.10. The Morgan fingerprint density at radius 2 is 1.86 bits per heavy atom. The van der Waals surface area contributed by atoms with Crippen LogP contribution in [0.2, 0.25) is 0 Å². The van der Waals surface area contributed by atoms with Gasteiger partial charge in [-0.1, -0.05) is 15.9 Å². The smallest absolute Gasteiger partial charge is 0.119 e. The summed E-state index contributed by atoms with van der Waals surface area (Å²) in [5.74, 6) is 0.785. The molecule has 0 spiro atoms. The molecule has 21 heavy (non-hydrogen) atoms. The Bertz CT molecular complexity index is 744. The molecule has 2 aromatic rings. The molecule has 0 saturated heterocycles. The summed E-state index contributed by atoms with van der Waals surface area (Å²) in [4.78, 5) is 0. The van der Waals surface area contributed by atoms with Crippen molar-refractivity contribution in [1.29, 1.82) is 10.5 Å². The van der Waals surface area contributed by atoms with Crippen LogP contribution in [-0.2, 0) is 6.54 Å². The number of anilines is 1. The number of hydrogen-bond donors (Lipinski definition) is 1. The molecule has 0 aliphatic carbocycles. The van der Waals surface area contributed by atoms with E-state index in [-0.39, 0.29) is 0 Å². The van der Waals surface area contributed by atoms with E-state index >= 15 is 0 Å². The maximum Gasteiger partial charge on any atom is 0.119 e. The second-order valence-corrected chi connectivity index (χ2v) is 5.15. The zero-order valence-corrected chi connectivity index (χ0v) is 12.9. The van der Waals surface area contributed by atoms with Gasteiger partial charge in [0.15, 0.2) is 0 Å². The highest BCUT2D eigenvalue weighted by atomic mass is 79.9. The first-order valence-electron chi connectivity index (χ1n) is 6.18. The van der Waals surface area contributed by atoms with E-state index in [0.29, 0.717) is 17.7 Å². The second-order valence-electron chi connectivity index (χ2n) is 4.29. The van der Waals surface area contributed by atoms with Gasteiger partial charge >= 0.3 is 0 Å². The molecule has 104 valence electrons. The molecule has 0 unspecified atom stereocenters. The average Bonchev–Trinajstić information content (AvgIpc) is 2.53. The number of rotatable bonds is 4. The van der Waals surface area contributed by atoms with Gasteiger partial charge in [0, 0.05) is 16.7 Å². The Morgan fingerprint density at radius 3 is 2.52 bits per heavy atom. The van der Waals surface area contributed by atoms with Crippen molar-refractivity contribution in [3.05, 3.63) is 57.6 Å². The molecular weight excluding hydrogens is 330 g/mol. The Labute approximate surface area is 131 Å². The standard InChI is InChI=1S/C16H12BrN3O/c1-21-15-4-5-16(17)13(7-15)10-20-14-3-2-11(8-18)12(6-14)9-19/h2-7,20H,10H2,1H3. The zero-order valence-electron chi connectivity index (χ0n) is 11.4. The van der Waals surface area contributed by atoms with E-state index in [1.165, 1.54) is 0 Å². The third-order valence-electron chi connectivity index (χ3n) is 3.00. The summed E-state index contributed by atoms with van der Waals surface area (Å²) in [6, 6.07) is 14.9. The first-order chi connectivity index (χ1) is 10.2. The summed E-state index contributed by atoms with van der Waals surface area (Å²) in [6.45, 7) is 0.578. The highest BCUT2D eigenvalue weighted by Gasteiger charge is 2.05. The van der Waals surface area contributed by atoms with Crippen molar-refractivity contribution in [1.82, 2.24) is 0 Å². The summed E-state index contributed by atoms with van der Waals surface area (Å²) < 4.78 is 6.18. The predicted octanol–water partition coefficient (Wildman–Crippen LogP) is 3.81. The predicted molar refractivity (Wildman–Crippen MR) is 83.9 cm³/mol. The van der Waals surface area contributed by atoms with Gasteiger partial charge in [-0.3, -0.25) is 0 Å². The number of benzene rings is 2. The van der Waals surface area contributed by atoms with Gasteiger partial charge in [-0.25, -0.2) is 0 Å². The number of hydrogen-bond acceptors (Lipinski definition) is 4. The first kappa shape index (κ1) is 14.9. The van der Waals surface area contributed by atoms with E-state index in [0.717, 1.165) is 21.5 Å². The molecule has 4 nitrogen and oxygen atoms in total. The molecule has 0 aromatic heterocycles. The van der Waals surface area contributed by atoms with Gasteiger partial charge in [-0.05, 0) is 42.0 Å². The van der Waals surface area contributed by atoms with Crippen molar-refractivity contribution in [3.63, 3.8) is 0 Å². The van der Waals surface area contributed by atoms with Gasteiger partial charge in [0.1, 0.15) is 17.9 Å². The second kappa shape index (κ2) is 6.78. The lowest BCUT2D eigenvalue weighted by molar-refractivity contribution is 0.414. The number of halogens is 1. The summed E-state index contributed by atoms with van der Waals surface area (Å²) in [5.41, 5.74) is 2.58. The Kier molecular flexibility index (Phi) is 4.81. The largest absolute Gasteiger partial charge is 0.497 e. The number of nitrogens with one attached hydrogen (secondary N) is 1. The molecule has 0 heterocycles. The van der Waals surface area contributed by atoms with Crippen molar-refractivity contribution >= 4 is 21.6 Å². The van der Waals surface area contributed by atoms with Crippen LogP contribution < -0.4 is 10.1 Å². The number of nitrogens with zero attached hydrogens (tertiary/aromatic N) is 2. The van der Waals surface area contributed by atoms with Crippen LogP contribution in [-0.4, -0.2) is 7.11 Å². The maximum absolute atomic E-state index is 9.02. The molecule has 0 aliphatic rings. The van der Waals surface area contributed by atoms with Gasteiger partial charge in [0.2, 0.25) is 0 Å². The lowest BCUT2D eigenvalue weighted by Crippen LogP contribution is -2.01. The molecule has 0 amide bonds. The quantitative estimate of drug-likeness (QED) is 0.917. The molecular formula is C16H12BrN3O. The fraction of sp³-hybridized carbons (Fsp3) is 0.125. The van der Waals surface area contributed by atoms with E-state index < -0.39 is 0 Å². The summed E-state index contributed by atoms with van der Waals surface area (Å²) in [6.07, 6.45) is 0. The van der Waals surface area contributed by atoms with E-state index in [1.807, 2.05) is 30.3 Å². The number of ether oxygens (including phenoxy) is 1. The molecule has 0 atom stereocenters. The molecule has 1 N–H and O–H groups in total. The van der Waals surface area contributed by atoms with Crippen molar-refractivity contribution in [3.8, 4) is 17.9 Å². The molecule has 0 bridgehead atoms. The Hall–Kier alpha value is -2.50. The molecule has 2 aromatic carbocycles. The average molecular weight is 342 g/mol. The third kappa shape index (κ3) is 3.53. The molecule has 0 radical (unpaired) electrons. The number of nitriles is 2. The normalized spacial score (nSPS) is 9.52. The maximum atomic E-state index is 9.02. The van der Waals surface area contributed by atoms with Crippen LogP contribution >= 0.6 is 15.9 Å². The highest BCUT2D eigenvalue weighted by Crippen LogP contribution is 2.24. The fourth-order valence-corrected chi connectivity index (χ4v) is 2.24. The third-order valence-corrected chi connectivity index (χ3v) is 3.77. The number of methoxy groups -OCH3 is 1. The summed E-state index contributed by atoms with van der Waals surface area (Å²) >= 11 is 3.49. The first-order valence-corrected chi connectivity index (χ1v) is 6.97. The molecule has 5 heteroatoms. The van der Waals surface area contributed by atoms with Crippen LogP contribution in [0.25, 0.3) is 0 Å². The van der Waals surface area contributed by atoms with Crippen molar-refractivity contribution in [2.24, 2.45) is 0 Å². The van der Waals surface area contributed by atoms with Crippen molar-refractivity contribution in [2.75, 3.05) is 12.4 Å². The lowest BCUT2D eigenvalue weighted by Gasteiger charge is -2.10. The van der Waals surface area contributed by atoms with Gasteiger partial charge in [0.05, 0.1) is 18.2 Å². The van der Waals surface area contributed by atoms with Crippen LogP contribution in [0.5, 0.6) is 5.75 Å². The molecule has 0 saturated carbocycles. The monoisotopic (exact) mass is 341 g/mol. The van der Waals surface area contributed by atoms with Crippen LogP contribution in [0, 0.1) is 22.7 Å². The Balaban J connectivity index is 2.17. The van der Waals surface area contributed by atoms with Crippen LogP contribution in [0.3, 0.4) is 0 Å². The van der Waals surface area contributed by atoms with E-state index in [2.05, 4.69) is 21.2 Å². The van der Waals surface area contributed by atoms with Crippen LogP contribution in [0.4, 0.5) is 5.69 Å². The van der Waals surface area contributed by atoms with Crippen LogP contribution in [0.1, 0.15) is 16.7 Å². The zero-order chi connectivity index (χ0) is 15.2. The summed E-state index contributed by atoms with van der Waals surface area (Å²) in [7, 11) is 1.63. The molecule has 0 aliphatic heterocycles. The summed E-state index contributed by atoms with van der Waals surface area (Å²) in [5, 5.41) is 21.2. The minimum Gasteiger partial charge on any atom is -0.497 e. The molecule has 2 rings (SSSR count). The van der Waals surface area contributed by atoms with Crippen molar-refractivity contribution in [2.45, 2.75) is 6.54 Å². The fourth-order valence-electron chi connectivity index (χ4n) is 1.86. The van der Waals surface area contributed by atoms with Gasteiger partial charge < -0.3 is 10.1 Å². The lowest BCUT2D eigenvalue weighted by atomic mass is 10.1. The van der Waals surface area contributed by atoms with Gasteiger partial charge in [-0.2, -0.15) is 10.5 Å². The topological polar surface area (TPSA) is 68.8 Å². The minimum atomic E-state index is 0.368. The van der Waals surface area contributed by atoms with E-state index in [9.17, 15) is 0 Å². The van der Waals surface area contributed by atoms with Crippen LogP contribution in [0.15, 0.2) is 40.9 Å². The van der Waals surface area contributed by atoms with E-state index in [4.69, 9.17) is 15.3 Å². The molecule has 0 fully saturated rings.